The molecule has 0 heterocycles. The summed E-state index contributed by atoms with van der Waals surface area (Å²) in [6.07, 6.45) is 0. The van der Waals surface area contributed by atoms with Crippen LogP contribution in [-0.2, 0) is 26.2 Å². The largest absolute Gasteiger partial charge is 0.355 e. The van der Waals surface area contributed by atoms with Gasteiger partial charge >= 0.3 is 0 Å². The molecule has 0 saturated carbocycles. The van der Waals surface area contributed by atoms with Crippen LogP contribution < -0.4 is 9.62 Å². The third-order valence-corrected chi connectivity index (χ3v) is 7.81. The summed E-state index contributed by atoms with van der Waals surface area (Å²) in [6.45, 7) is 7.42. The summed E-state index contributed by atoms with van der Waals surface area (Å²) in [6, 6.07) is 21.9. The molecule has 3 aromatic rings. The summed E-state index contributed by atoms with van der Waals surface area (Å²) in [5.41, 5.74) is 3.11. The third kappa shape index (κ3) is 6.31. The number of hydrogen-bond acceptors (Lipinski definition) is 4. The lowest BCUT2D eigenvalue weighted by Crippen LogP contribution is -2.51. The zero-order chi connectivity index (χ0) is 26.3. The zero-order valence-corrected chi connectivity index (χ0v) is 22.0. The standard InChI is InChI=1S/C28H33N3O4S/c1-5-29-28(33)23(4)30(19-24-14-10-9-13-22(24)3)27(32)20-31(25-15-11-12-21(2)18-25)36(34,35)26-16-7-6-8-17-26/h6-18,23H,5,19-20H2,1-4H3,(H,29,33)/t23-/m1/s1. The molecule has 1 atom stereocenters. The zero-order valence-electron chi connectivity index (χ0n) is 21.1. The van der Waals surface area contributed by atoms with Crippen molar-refractivity contribution in [3.63, 3.8) is 0 Å². The first-order valence-electron chi connectivity index (χ1n) is 11.9. The second-order valence-electron chi connectivity index (χ2n) is 8.68. The second-order valence-corrected chi connectivity index (χ2v) is 10.5. The average molecular weight is 508 g/mol. The monoisotopic (exact) mass is 507 g/mol. The van der Waals surface area contributed by atoms with Crippen molar-refractivity contribution < 1.29 is 18.0 Å². The molecule has 1 N–H and O–H groups in total. The fraction of sp³-hybridized carbons (Fsp3) is 0.286. The number of carbonyl (C=O) groups excluding carboxylic acids is 2. The normalized spacial score (nSPS) is 12.0. The van der Waals surface area contributed by atoms with Gasteiger partial charge in [-0.3, -0.25) is 13.9 Å². The lowest BCUT2D eigenvalue weighted by atomic mass is 10.1. The minimum absolute atomic E-state index is 0.0848. The van der Waals surface area contributed by atoms with Crippen LogP contribution in [0, 0.1) is 13.8 Å². The van der Waals surface area contributed by atoms with E-state index >= 15 is 0 Å². The van der Waals surface area contributed by atoms with E-state index in [1.165, 1.54) is 17.0 Å². The van der Waals surface area contributed by atoms with Gasteiger partial charge in [0.25, 0.3) is 10.0 Å². The molecule has 0 saturated heterocycles. The van der Waals surface area contributed by atoms with Crippen molar-refractivity contribution in [2.45, 2.75) is 45.2 Å². The maximum absolute atomic E-state index is 13.8. The molecular weight excluding hydrogens is 474 g/mol. The van der Waals surface area contributed by atoms with Crippen LogP contribution in [0.15, 0.2) is 83.8 Å². The van der Waals surface area contributed by atoms with Crippen LogP contribution in [0.5, 0.6) is 0 Å². The Balaban J connectivity index is 2.03. The number of anilines is 1. The lowest BCUT2D eigenvalue weighted by Gasteiger charge is -2.32. The van der Waals surface area contributed by atoms with Gasteiger partial charge in [0.15, 0.2) is 0 Å². The molecule has 0 bridgehead atoms. The molecule has 7 nitrogen and oxygen atoms in total. The number of benzene rings is 3. The van der Waals surface area contributed by atoms with Gasteiger partial charge in [0, 0.05) is 13.1 Å². The molecule has 3 rings (SSSR count). The molecule has 0 aliphatic rings. The third-order valence-electron chi connectivity index (χ3n) is 6.02. The van der Waals surface area contributed by atoms with Crippen LogP contribution in [0.2, 0.25) is 0 Å². The molecule has 36 heavy (non-hydrogen) atoms. The first-order valence-corrected chi connectivity index (χ1v) is 13.3. The number of carbonyl (C=O) groups is 2. The quantitative estimate of drug-likeness (QED) is 0.449. The van der Waals surface area contributed by atoms with Crippen LogP contribution in [0.3, 0.4) is 0 Å². The number of nitrogens with one attached hydrogen (secondary N) is 1. The van der Waals surface area contributed by atoms with Crippen molar-refractivity contribution in [3.8, 4) is 0 Å². The minimum atomic E-state index is -4.05. The molecular formula is C28H33N3O4S. The highest BCUT2D eigenvalue weighted by atomic mass is 32.2. The summed E-state index contributed by atoms with van der Waals surface area (Å²) < 4.78 is 28.5. The van der Waals surface area contributed by atoms with E-state index in [2.05, 4.69) is 5.32 Å². The van der Waals surface area contributed by atoms with Gasteiger partial charge in [0.05, 0.1) is 10.6 Å². The summed E-state index contributed by atoms with van der Waals surface area (Å²) in [7, 11) is -4.05. The molecule has 8 heteroatoms. The van der Waals surface area contributed by atoms with Gasteiger partial charge in [0.2, 0.25) is 11.8 Å². The van der Waals surface area contributed by atoms with E-state index in [0.717, 1.165) is 21.0 Å². The molecule has 0 aliphatic heterocycles. The van der Waals surface area contributed by atoms with E-state index in [9.17, 15) is 18.0 Å². The van der Waals surface area contributed by atoms with Crippen molar-refractivity contribution >= 4 is 27.5 Å². The van der Waals surface area contributed by atoms with E-state index in [1.54, 1.807) is 43.3 Å². The molecule has 0 spiro atoms. The van der Waals surface area contributed by atoms with Crippen molar-refractivity contribution in [2.24, 2.45) is 0 Å². The van der Waals surface area contributed by atoms with Crippen molar-refractivity contribution in [3.05, 3.63) is 95.6 Å². The van der Waals surface area contributed by atoms with E-state index in [0.29, 0.717) is 12.2 Å². The first-order chi connectivity index (χ1) is 17.1. The van der Waals surface area contributed by atoms with E-state index in [4.69, 9.17) is 0 Å². The molecule has 0 fully saturated rings. The summed E-state index contributed by atoms with van der Waals surface area (Å²) >= 11 is 0. The number of nitrogens with zero attached hydrogens (tertiary/aromatic N) is 2. The van der Waals surface area contributed by atoms with Crippen molar-refractivity contribution in [2.75, 3.05) is 17.4 Å². The van der Waals surface area contributed by atoms with E-state index in [-0.39, 0.29) is 17.3 Å². The fourth-order valence-electron chi connectivity index (χ4n) is 3.91. The number of sulfonamides is 1. The highest BCUT2D eigenvalue weighted by Crippen LogP contribution is 2.25. The van der Waals surface area contributed by atoms with E-state index < -0.39 is 28.5 Å². The minimum Gasteiger partial charge on any atom is -0.355 e. The number of aryl methyl sites for hydroxylation is 2. The molecule has 0 aromatic heterocycles. The van der Waals surface area contributed by atoms with Gasteiger partial charge in [-0.1, -0.05) is 54.6 Å². The summed E-state index contributed by atoms with van der Waals surface area (Å²) in [5, 5.41) is 2.76. The highest BCUT2D eigenvalue weighted by Gasteiger charge is 2.32. The predicted octanol–water partition coefficient (Wildman–Crippen LogP) is 4.05. The lowest BCUT2D eigenvalue weighted by molar-refractivity contribution is -0.139. The van der Waals surface area contributed by atoms with Gasteiger partial charge in [-0.2, -0.15) is 0 Å². The number of likely N-dealkylation sites (N-methyl/N-ethyl adjacent to an activating group) is 1. The second kappa shape index (κ2) is 11.9. The maximum atomic E-state index is 13.8. The first kappa shape index (κ1) is 26.9. The topological polar surface area (TPSA) is 86.8 Å². The number of amides is 2. The Labute approximate surface area is 213 Å². The Morgan fingerprint density at radius 1 is 0.917 bits per heavy atom. The average Bonchev–Trinajstić information content (AvgIpc) is 2.86. The molecule has 3 aromatic carbocycles. The Morgan fingerprint density at radius 3 is 2.22 bits per heavy atom. The summed E-state index contributed by atoms with van der Waals surface area (Å²) in [4.78, 5) is 28.1. The Bertz CT molecular complexity index is 1310. The molecule has 2 amide bonds. The van der Waals surface area contributed by atoms with Gasteiger partial charge in [-0.25, -0.2) is 8.42 Å². The Hall–Kier alpha value is -3.65. The van der Waals surface area contributed by atoms with Gasteiger partial charge in [0.1, 0.15) is 12.6 Å². The SMILES string of the molecule is CCNC(=O)[C@@H](C)N(Cc1ccccc1C)C(=O)CN(c1cccc(C)c1)S(=O)(=O)c1ccccc1. The predicted molar refractivity (Wildman–Crippen MR) is 142 cm³/mol. The smallest absolute Gasteiger partial charge is 0.264 e. The van der Waals surface area contributed by atoms with Crippen molar-refractivity contribution in [1.29, 1.82) is 0 Å². The Kier molecular flexibility index (Phi) is 8.88. The molecule has 190 valence electrons. The Morgan fingerprint density at radius 2 is 1.58 bits per heavy atom. The van der Waals surface area contributed by atoms with Gasteiger partial charge in [-0.05, 0) is 68.7 Å². The van der Waals surface area contributed by atoms with Crippen LogP contribution in [0.25, 0.3) is 0 Å². The van der Waals surface area contributed by atoms with Gasteiger partial charge < -0.3 is 10.2 Å². The van der Waals surface area contributed by atoms with E-state index in [1.807, 2.05) is 51.1 Å². The van der Waals surface area contributed by atoms with Crippen LogP contribution >= 0.6 is 0 Å². The summed E-state index contributed by atoms with van der Waals surface area (Å²) in [5.74, 6) is -0.773. The number of hydrogen-bond donors (Lipinski definition) is 1. The number of rotatable bonds is 10. The maximum Gasteiger partial charge on any atom is 0.264 e. The fourth-order valence-corrected chi connectivity index (χ4v) is 5.33. The molecule has 0 aliphatic carbocycles. The molecule has 0 unspecified atom stereocenters. The highest BCUT2D eigenvalue weighted by molar-refractivity contribution is 7.92. The molecule has 0 radical (unpaired) electrons. The van der Waals surface area contributed by atoms with Crippen molar-refractivity contribution in [1.82, 2.24) is 10.2 Å². The van der Waals surface area contributed by atoms with Crippen LogP contribution in [0.4, 0.5) is 5.69 Å². The van der Waals surface area contributed by atoms with Gasteiger partial charge in [-0.15, -0.1) is 0 Å². The van der Waals surface area contributed by atoms with Crippen LogP contribution in [0.1, 0.15) is 30.5 Å². The van der Waals surface area contributed by atoms with Crippen LogP contribution in [-0.4, -0.2) is 44.3 Å².